The summed E-state index contributed by atoms with van der Waals surface area (Å²) in [6, 6.07) is 0. The Bertz CT molecular complexity index is 199. The third-order valence-electron chi connectivity index (χ3n) is 4.23. The summed E-state index contributed by atoms with van der Waals surface area (Å²) in [5, 5.41) is 0. The topological polar surface area (TPSA) is 18.5 Å². The molecular formula is C14H26O2. The molecule has 1 saturated carbocycles. The lowest BCUT2D eigenvalue weighted by Gasteiger charge is -2.37. The van der Waals surface area contributed by atoms with Gasteiger partial charge in [0.25, 0.3) is 0 Å². The van der Waals surface area contributed by atoms with E-state index < -0.39 is 0 Å². The van der Waals surface area contributed by atoms with Gasteiger partial charge in [-0.3, -0.25) is 0 Å². The molecule has 16 heavy (non-hydrogen) atoms. The highest BCUT2D eigenvalue weighted by Crippen LogP contribution is 2.36. The van der Waals surface area contributed by atoms with E-state index >= 15 is 0 Å². The number of hydrogen-bond donors (Lipinski definition) is 0. The van der Waals surface area contributed by atoms with Gasteiger partial charge in [0.1, 0.15) is 0 Å². The third kappa shape index (κ3) is 2.98. The molecule has 0 radical (unpaired) electrons. The zero-order chi connectivity index (χ0) is 11.5. The second-order valence-corrected chi connectivity index (χ2v) is 6.06. The molecule has 0 aromatic heterocycles. The van der Waals surface area contributed by atoms with E-state index in [9.17, 15) is 0 Å². The molecule has 2 rings (SSSR count). The van der Waals surface area contributed by atoms with Crippen LogP contribution in [0.4, 0.5) is 0 Å². The minimum Gasteiger partial charge on any atom is -0.352 e. The van der Waals surface area contributed by atoms with Crippen molar-refractivity contribution < 1.29 is 9.47 Å². The number of rotatable bonds is 2. The largest absolute Gasteiger partial charge is 0.352 e. The molecule has 1 saturated heterocycles. The summed E-state index contributed by atoms with van der Waals surface area (Å²) in [4.78, 5) is 0. The first-order chi connectivity index (χ1) is 7.66. The summed E-state index contributed by atoms with van der Waals surface area (Å²) in [5.41, 5.74) is 0. The van der Waals surface area contributed by atoms with E-state index in [1.807, 2.05) is 0 Å². The zero-order valence-electron chi connectivity index (χ0n) is 10.9. The van der Waals surface area contributed by atoms with E-state index in [1.54, 1.807) is 0 Å². The van der Waals surface area contributed by atoms with Crippen molar-refractivity contribution in [2.24, 2.45) is 23.7 Å². The van der Waals surface area contributed by atoms with Gasteiger partial charge in [-0.2, -0.15) is 0 Å². The molecule has 0 spiro atoms. The predicted molar refractivity (Wildman–Crippen MR) is 65.1 cm³/mol. The fourth-order valence-corrected chi connectivity index (χ4v) is 2.97. The highest BCUT2D eigenvalue weighted by molar-refractivity contribution is 4.77. The fraction of sp³-hybridized carbons (Fsp3) is 1.00. The van der Waals surface area contributed by atoms with Crippen LogP contribution in [-0.4, -0.2) is 19.5 Å². The van der Waals surface area contributed by atoms with Crippen LogP contribution in [0.3, 0.4) is 0 Å². The summed E-state index contributed by atoms with van der Waals surface area (Å²) in [7, 11) is 0. The Balaban J connectivity index is 1.76. The van der Waals surface area contributed by atoms with E-state index in [0.29, 0.717) is 11.8 Å². The van der Waals surface area contributed by atoms with Gasteiger partial charge >= 0.3 is 0 Å². The average Bonchev–Trinajstić information content (AvgIpc) is 2.30. The molecule has 1 aliphatic heterocycles. The minimum atomic E-state index is 0.101. The van der Waals surface area contributed by atoms with Crippen molar-refractivity contribution in [2.45, 2.75) is 52.7 Å². The molecule has 0 atom stereocenters. The lowest BCUT2D eigenvalue weighted by molar-refractivity contribution is -0.227. The minimum absolute atomic E-state index is 0.101. The molecule has 2 aliphatic rings. The Labute approximate surface area is 99.7 Å². The quantitative estimate of drug-likeness (QED) is 0.718. The molecule has 1 heterocycles. The van der Waals surface area contributed by atoms with Gasteiger partial charge in [0, 0.05) is 11.8 Å². The lowest BCUT2D eigenvalue weighted by Crippen LogP contribution is -2.38. The highest BCUT2D eigenvalue weighted by atomic mass is 16.7. The second-order valence-electron chi connectivity index (χ2n) is 6.06. The van der Waals surface area contributed by atoms with E-state index in [-0.39, 0.29) is 6.29 Å². The zero-order valence-corrected chi connectivity index (χ0v) is 10.9. The summed E-state index contributed by atoms with van der Waals surface area (Å²) >= 11 is 0. The Morgan fingerprint density at radius 1 is 0.938 bits per heavy atom. The monoisotopic (exact) mass is 226 g/mol. The van der Waals surface area contributed by atoms with Gasteiger partial charge in [0.2, 0.25) is 0 Å². The molecule has 0 unspecified atom stereocenters. The maximum atomic E-state index is 5.80. The van der Waals surface area contributed by atoms with E-state index in [1.165, 1.54) is 25.7 Å². The van der Waals surface area contributed by atoms with Crippen molar-refractivity contribution in [1.29, 1.82) is 0 Å². The van der Waals surface area contributed by atoms with Crippen molar-refractivity contribution in [3.63, 3.8) is 0 Å². The van der Waals surface area contributed by atoms with Crippen LogP contribution >= 0.6 is 0 Å². The van der Waals surface area contributed by atoms with E-state index in [2.05, 4.69) is 20.8 Å². The van der Waals surface area contributed by atoms with Gasteiger partial charge in [-0.25, -0.2) is 0 Å². The molecule has 0 amide bonds. The number of ether oxygens (including phenoxy) is 2. The van der Waals surface area contributed by atoms with Crippen LogP contribution in [0, 0.1) is 23.7 Å². The Hall–Kier alpha value is -0.0800. The molecule has 94 valence electrons. The average molecular weight is 226 g/mol. The van der Waals surface area contributed by atoms with Crippen LogP contribution in [0.1, 0.15) is 46.5 Å². The van der Waals surface area contributed by atoms with Crippen LogP contribution in [0.2, 0.25) is 0 Å². The Kier molecular flexibility index (Phi) is 4.26. The lowest BCUT2D eigenvalue weighted by atomic mass is 9.76. The van der Waals surface area contributed by atoms with Crippen molar-refractivity contribution in [1.82, 2.24) is 0 Å². The Morgan fingerprint density at radius 2 is 1.50 bits per heavy atom. The molecule has 0 aromatic carbocycles. The maximum Gasteiger partial charge on any atom is 0.160 e. The van der Waals surface area contributed by atoms with Gasteiger partial charge in [0.05, 0.1) is 13.2 Å². The smallest absolute Gasteiger partial charge is 0.160 e. The van der Waals surface area contributed by atoms with E-state index in [4.69, 9.17) is 9.47 Å². The SMILES string of the molecule is CC1COC(C2CCC(C(C)C)CC2)OC1. The Morgan fingerprint density at radius 3 is 2.00 bits per heavy atom. The molecule has 2 fully saturated rings. The van der Waals surface area contributed by atoms with Gasteiger partial charge in [-0.15, -0.1) is 0 Å². The van der Waals surface area contributed by atoms with Crippen LogP contribution in [0.25, 0.3) is 0 Å². The fourth-order valence-electron chi connectivity index (χ4n) is 2.97. The van der Waals surface area contributed by atoms with Crippen LogP contribution in [0.15, 0.2) is 0 Å². The van der Waals surface area contributed by atoms with Gasteiger partial charge in [-0.1, -0.05) is 20.8 Å². The van der Waals surface area contributed by atoms with Crippen molar-refractivity contribution in [3.8, 4) is 0 Å². The number of hydrogen-bond acceptors (Lipinski definition) is 2. The first-order valence-electron chi connectivity index (χ1n) is 6.90. The summed E-state index contributed by atoms with van der Waals surface area (Å²) in [6.07, 6.45) is 5.41. The summed E-state index contributed by atoms with van der Waals surface area (Å²) in [6.45, 7) is 8.65. The molecule has 2 nitrogen and oxygen atoms in total. The molecule has 2 heteroatoms. The highest BCUT2D eigenvalue weighted by Gasteiger charge is 2.32. The molecule has 0 N–H and O–H groups in total. The van der Waals surface area contributed by atoms with Crippen LogP contribution in [0.5, 0.6) is 0 Å². The first kappa shape index (κ1) is 12.4. The van der Waals surface area contributed by atoms with Crippen LogP contribution < -0.4 is 0 Å². The maximum absolute atomic E-state index is 5.80. The van der Waals surface area contributed by atoms with Gasteiger partial charge < -0.3 is 9.47 Å². The first-order valence-corrected chi connectivity index (χ1v) is 6.90. The second kappa shape index (κ2) is 5.50. The van der Waals surface area contributed by atoms with Gasteiger partial charge in [-0.05, 0) is 37.5 Å². The molecule has 1 aliphatic carbocycles. The van der Waals surface area contributed by atoms with Gasteiger partial charge in [0.15, 0.2) is 6.29 Å². The predicted octanol–water partition coefficient (Wildman–Crippen LogP) is 3.46. The molecular weight excluding hydrogens is 200 g/mol. The summed E-state index contributed by atoms with van der Waals surface area (Å²) < 4.78 is 11.6. The standard InChI is InChI=1S/C14H26O2/c1-10(2)12-4-6-13(7-5-12)14-15-8-11(3)9-16-14/h10-14H,4-9H2,1-3H3. The van der Waals surface area contributed by atoms with Crippen molar-refractivity contribution >= 4 is 0 Å². The van der Waals surface area contributed by atoms with Crippen LogP contribution in [-0.2, 0) is 9.47 Å². The van der Waals surface area contributed by atoms with Crippen molar-refractivity contribution in [3.05, 3.63) is 0 Å². The summed E-state index contributed by atoms with van der Waals surface area (Å²) in [5.74, 6) is 3.00. The van der Waals surface area contributed by atoms with E-state index in [0.717, 1.165) is 25.0 Å². The molecule has 0 bridgehead atoms. The normalized spacial score (nSPS) is 41.2. The van der Waals surface area contributed by atoms with Crippen molar-refractivity contribution in [2.75, 3.05) is 13.2 Å². The third-order valence-corrected chi connectivity index (χ3v) is 4.23. The molecule has 0 aromatic rings.